The van der Waals surface area contributed by atoms with Gasteiger partial charge in [0.2, 0.25) is 5.82 Å². The quantitative estimate of drug-likeness (QED) is 0.492. The fraction of sp³-hybridized carbons (Fsp3) is 0.125. The molecule has 1 heterocycles. The molecule has 30 heavy (non-hydrogen) atoms. The number of anilines is 1. The topological polar surface area (TPSA) is 77.2 Å². The minimum Gasteiger partial charge on any atom is -0.483 e. The Morgan fingerprint density at radius 3 is 2.47 bits per heavy atom. The molecule has 0 unspecified atom stereocenters. The molecule has 0 bridgehead atoms. The lowest BCUT2D eigenvalue weighted by Crippen LogP contribution is -2.20. The number of amides is 1. The number of aryl methyl sites for hydroxylation is 1. The average molecular weight is 399 g/mol. The smallest absolute Gasteiger partial charge is 0.262 e. The molecular weight excluding hydrogens is 378 g/mol. The van der Waals surface area contributed by atoms with Crippen molar-refractivity contribution in [1.82, 2.24) is 10.1 Å². The summed E-state index contributed by atoms with van der Waals surface area (Å²) < 4.78 is 11.0. The van der Waals surface area contributed by atoms with Gasteiger partial charge < -0.3 is 14.6 Å². The minimum atomic E-state index is -0.229. The summed E-state index contributed by atoms with van der Waals surface area (Å²) in [5, 5.41) is 6.85. The van der Waals surface area contributed by atoms with E-state index in [1.165, 1.54) is 0 Å². The molecule has 0 aliphatic rings. The molecule has 0 atom stereocenters. The van der Waals surface area contributed by atoms with E-state index < -0.39 is 0 Å². The molecule has 0 radical (unpaired) electrons. The maximum Gasteiger partial charge on any atom is 0.262 e. The Balaban J connectivity index is 1.37. The van der Waals surface area contributed by atoms with Crippen LogP contribution in [-0.2, 0) is 4.79 Å². The molecule has 1 N–H and O–H groups in total. The predicted molar refractivity (Wildman–Crippen MR) is 115 cm³/mol. The summed E-state index contributed by atoms with van der Waals surface area (Å²) in [7, 11) is 0. The molecule has 0 fully saturated rings. The SMILES string of the molecule is Cc1cccc(OCC(=O)Nc2ccc(-c3nc(-c4ccccc4)no3)cc2)c1C. The van der Waals surface area contributed by atoms with E-state index in [2.05, 4.69) is 15.5 Å². The number of rotatable bonds is 6. The molecule has 0 saturated heterocycles. The van der Waals surface area contributed by atoms with Crippen LogP contribution in [0.25, 0.3) is 22.8 Å². The van der Waals surface area contributed by atoms with Crippen LogP contribution in [-0.4, -0.2) is 22.7 Å². The first kappa shape index (κ1) is 19.4. The maximum atomic E-state index is 12.2. The molecule has 3 aromatic carbocycles. The Morgan fingerprint density at radius 2 is 1.70 bits per heavy atom. The summed E-state index contributed by atoms with van der Waals surface area (Å²) in [6.07, 6.45) is 0. The van der Waals surface area contributed by atoms with Crippen LogP contribution in [0.5, 0.6) is 5.75 Å². The average Bonchev–Trinajstić information content (AvgIpc) is 3.26. The van der Waals surface area contributed by atoms with Crippen LogP contribution < -0.4 is 10.1 Å². The second-order valence-electron chi connectivity index (χ2n) is 6.90. The number of carbonyl (C=O) groups excluding carboxylic acids is 1. The van der Waals surface area contributed by atoms with Crippen molar-refractivity contribution in [3.05, 3.63) is 83.9 Å². The second kappa shape index (κ2) is 8.61. The van der Waals surface area contributed by atoms with E-state index in [4.69, 9.17) is 9.26 Å². The van der Waals surface area contributed by atoms with Gasteiger partial charge in [-0.2, -0.15) is 4.98 Å². The van der Waals surface area contributed by atoms with Crippen LogP contribution >= 0.6 is 0 Å². The number of nitrogens with zero attached hydrogens (tertiary/aromatic N) is 2. The van der Waals surface area contributed by atoms with Crippen molar-refractivity contribution >= 4 is 11.6 Å². The van der Waals surface area contributed by atoms with Crippen molar-refractivity contribution in [2.75, 3.05) is 11.9 Å². The zero-order valence-electron chi connectivity index (χ0n) is 16.8. The fourth-order valence-electron chi connectivity index (χ4n) is 2.96. The predicted octanol–water partition coefficient (Wildman–Crippen LogP) is 5.04. The van der Waals surface area contributed by atoms with E-state index in [0.29, 0.717) is 23.2 Å². The van der Waals surface area contributed by atoms with Gasteiger partial charge in [0, 0.05) is 16.8 Å². The number of nitrogens with one attached hydrogen (secondary N) is 1. The number of benzene rings is 3. The molecule has 150 valence electrons. The molecule has 0 aliphatic carbocycles. The van der Waals surface area contributed by atoms with Gasteiger partial charge in [-0.3, -0.25) is 4.79 Å². The van der Waals surface area contributed by atoms with Gasteiger partial charge in [-0.05, 0) is 55.3 Å². The third-order valence-corrected chi connectivity index (χ3v) is 4.79. The van der Waals surface area contributed by atoms with Gasteiger partial charge in [0.1, 0.15) is 5.75 Å². The highest BCUT2D eigenvalue weighted by Gasteiger charge is 2.11. The third kappa shape index (κ3) is 4.38. The van der Waals surface area contributed by atoms with Gasteiger partial charge in [-0.1, -0.05) is 47.6 Å². The highest BCUT2D eigenvalue weighted by molar-refractivity contribution is 5.92. The van der Waals surface area contributed by atoms with E-state index in [0.717, 1.165) is 22.3 Å². The van der Waals surface area contributed by atoms with Crippen LogP contribution in [0, 0.1) is 13.8 Å². The first-order valence-corrected chi connectivity index (χ1v) is 9.58. The highest BCUT2D eigenvalue weighted by atomic mass is 16.5. The lowest BCUT2D eigenvalue weighted by Gasteiger charge is -2.11. The first-order valence-electron chi connectivity index (χ1n) is 9.58. The van der Waals surface area contributed by atoms with E-state index in [1.807, 2.05) is 74.5 Å². The van der Waals surface area contributed by atoms with Gasteiger partial charge in [-0.25, -0.2) is 0 Å². The molecule has 0 spiro atoms. The standard InChI is InChI=1S/C24H21N3O3/c1-16-7-6-10-21(17(16)2)29-15-22(28)25-20-13-11-19(12-14-20)24-26-23(27-30-24)18-8-4-3-5-9-18/h3-14H,15H2,1-2H3,(H,25,28). The van der Waals surface area contributed by atoms with E-state index in [9.17, 15) is 4.79 Å². The van der Waals surface area contributed by atoms with Gasteiger partial charge >= 0.3 is 0 Å². The Bertz CT molecular complexity index is 1150. The van der Waals surface area contributed by atoms with Gasteiger partial charge in [0.25, 0.3) is 11.8 Å². The molecule has 1 aromatic heterocycles. The van der Waals surface area contributed by atoms with Gasteiger partial charge in [-0.15, -0.1) is 0 Å². The molecule has 0 aliphatic heterocycles. The minimum absolute atomic E-state index is 0.0594. The second-order valence-corrected chi connectivity index (χ2v) is 6.90. The number of hydrogen-bond acceptors (Lipinski definition) is 5. The van der Waals surface area contributed by atoms with Crippen molar-refractivity contribution < 1.29 is 14.1 Å². The van der Waals surface area contributed by atoms with E-state index in [-0.39, 0.29) is 12.5 Å². The summed E-state index contributed by atoms with van der Waals surface area (Å²) >= 11 is 0. The molecule has 6 heteroatoms. The van der Waals surface area contributed by atoms with Crippen molar-refractivity contribution in [1.29, 1.82) is 0 Å². The van der Waals surface area contributed by atoms with Gasteiger partial charge in [0.15, 0.2) is 6.61 Å². The summed E-state index contributed by atoms with van der Waals surface area (Å²) in [5.74, 6) is 1.44. The molecule has 0 saturated carbocycles. The fourth-order valence-corrected chi connectivity index (χ4v) is 2.96. The Labute approximate surface area is 174 Å². The van der Waals surface area contributed by atoms with Crippen molar-refractivity contribution in [2.24, 2.45) is 0 Å². The molecule has 4 rings (SSSR count). The number of carbonyl (C=O) groups is 1. The Kier molecular flexibility index (Phi) is 5.57. The number of ether oxygens (including phenoxy) is 1. The Morgan fingerprint density at radius 1 is 0.933 bits per heavy atom. The number of hydrogen-bond donors (Lipinski definition) is 1. The molecule has 6 nitrogen and oxygen atoms in total. The van der Waals surface area contributed by atoms with Crippen molar-refractivity contribution in [3.63, 3.8) is 0 Å². The van der Waals surface area contributed by atoms with Crippen molar-refractivity contribution in [3.8, 4) is 28.6 Å². The van der Waals surface area contributed by atoms with Crippen molar-refractivity contribution in [2.45, 2.75) is 13.8 Å². The monoisotopic (exact) mass is 399 g/mol. The lowest BCUT2D eigenvalue weighted by atomic mass is 10.1. The first-order chi connectivity index (χ1) is 14.6. The highest BCUT2D eigenvalue weighted by Crippen LogP contribution is 2.24. The molecular formula is C24H21N3O3. The largest absolute Gasteiger partial charge is 0.483 e. The van der Waals surface area contributed by atoms with Crippen LogP contribution in [0.4, 0.5) is 5.69 Å². The summed E-state index contributed by atoms with van der Waals surface area (Å²) in [5.41, 5.74) is 4.48. The molecule has 4 aromatic rings. The summed E-state index contributed by atoms with van der Waals surface area (Å²) in [6.45, 7) is 3.92. The van der Waals surface area contributed by atoms with E-state index >= 15 is 0 Å². The van der Waals surface area contributed by atoms with Crippen LogP contribution in [0.3, 0.4) is 0 Å². The maximum absolute atomic E-state index is 12.2. The van der Waals surface area contributed by atoms with Gasteiger partial charge in [0.05, 0.1) is 0 Å². The summed E-state index contributed by atoms with van der Waals surface area (Å²) in [4.78, 5) is 16.7. The van der Waals surface area contributed by atoms with Crippen LogP contribution in [0.15, 0.2) is 77.3 Å². The van der Waals surface area contributed by atoms with E-state index in [1.54, 1.807) is 12.1 Å². The van der Waals surface area contributed by atoms with Crippen LogP contribution in [0.1, 0.15) is 11.1 Å². The zero-order valence-corrected chi connectivity index (χ0v) is 16.8. The Hall–Kier alpha value is -3.93. The molecule has 1 amide bonds. The zero-order chi connectivity index (χ0) is 20.9. The normalized spacial score (nSPS) is 10.6. The number of aromatic nitrogens is 2. The van der Waals surface area contributed by atoms with Crippen LogP contribution in [0.2, 0.25) is 0 Å². The summed E-state index contributed by atoms with van der Waals surface area (Å²) in [6, 6.07) is 22.6. The third-order valence-electron chi connectivity index (χ3n) is 4.79. The lowest BCUT2D eigenvalue weighted by molar-refractivity contribution is -0.118.